The molecule has 1 aliphatic rings. The molecular formula is C10H13Cl2N3. The van der Waals surface area contributed by atoms with E-state index >= 15 is 0 Å². The number of nitrogens with zero attached hydrogens (tertiary/aromatic N) is 2. The Bertz CT molecular complexity index is 357. The summed E-state index contributed by atoms with van der Waals surface area (Å²) in [5.41, 5.74) is 0. The lowest BCUT2D eigenvalue weighted by Gasteiger charge is -2.06. The zero-order valence-electron chi connectivity index (χ0n) is 8.50. The summed E-state index contributed by atoms with van der Waals surface area (Å²) in [5, 5.41) is 4.05. The lowest BCUT2D eigenvalue weighted by atomic mass is 10.2. The molecule has 0 aromatic carbocycles. The molecule has 1 N–H and O–H groups in total. The molecule has 2 atom stereocenters. The predicted octanol–water partition coefficient (Wildman–Crippen LogP) is 3.38. The van der Waals surface area contributed by atoms with Gasteiger partial charge in [0.15, 0.2) is 0 Å². The molecule has 2 unspecified atom stereocenters. The van der Waals surface area contributed by atoms with E-state index in [0.717, 1.165) is 5.92 Å². The highest BCUT2D eigenvalue weighted by molar-refractivity contribution is 6.33. The van der Waals surface area contributed by atoms with Crippen LogP contribution in [0.2, 0.25) is 10.3 Å². The highest BCUT2D eigenvalue weighted by Crippen LogP contribution is 2.38. The largest absolute Gasteiger partial charge is 0.366 e. The second-order valence-corrected chi connectivity index (χ2v) is 4.62. The van der Waals surface area contributed by atoms with Crippen molar-refractivity contribution in [3.63, 3.8) is 0 Å². The Morgan fingerprint density at radius 3 is 3.07 bits per heavy atom. The summed E-state index contributed by atoms with van der Waals surface area (Å²) in [6.45, 7) is 2.20. The summed E-state index contributed by atoms with van der Waals surface area (Å²) in [6.07, 6.45) is 5.21. The Labute approximate surface area is 99.2 Å². The van der Waals surface area contributed by atoms with Crippen LogP contribution in [0.3, 0.4) is 0 Å². The maximum atomic E-state index is 5.95. The van der Waals surface area contributed by atoms with Crippen LogP contribution in [0.5, 0.6) is 0 Å². The van der Waals surface area contributed by atoms with Gasteiger partial charge in [-0.1, -0.05) is 24.9 Å². The van der Waals surface area contributed by atoms with Gasteiger partial charge in [-0.25, -0.2) is 4.98 Å². The second kappa shape index (κ2) is 4.54. The minimum atomic E-state index is 0.231. The zero-order chi connectivity index (χ0) is 10.8. The zero-order valence-corrected chi connectivity index (χ0v) is 10.0. The number of rotatable bonds is 4. The fourth-order valence-electron chi connectivity index (χ4n) is 1.74. The van der Waals surface area contributed by atoms with Crippen molar-refractivity contribution >= 4 is 29.0 Å². The number of halogens is 2. The van der Waals surface area contributed by atoms with Gasteiger partial charge < -0.3 is 5.32 Å². The van der Waals surface area contributed by atoms with Gasteiger partial charge in [0, 0.05) is 6.04 Å². The van der Waals surface area contributed by atoms with Crippen LogP contribution >= 0.6 is 23.2 Å². The molecule has 1 aliphatic carbocycles. The summed E-state index contributed by atoms with van der Waals surface area (Å²) in [7, 11) is 0. The van der Waals surface area contributed by atoms with Crippen LogP contribution in [0.1, 0.15) is 26.2 Å². The van der Waals surface area contributed by atoms with Gasteiger partial charge in [-0.15, -0.1) is 0 Å². The number of hydrogen-bond donors (Lipinski definition) is 1. The summed E-state index contributed by atoms with van der Waals surface area (Å²) < 4.78 is 0. The molecule has 2 rings (SSSR count). The van der Waals surface area contributed by atoms with Crippen molar-refractivity contribution in [2.24, 2.45) is 5.92 Å². The van der Waals surface area contributed by atoms with Gasteiger partial charge in [0.05, 0.1) is 6.20 Å². The van der Waals surface area contributed by atoms with Gasteiger partial charge in [-0.2, -0.15) is 4.98 Å². The SMILES string of the molecule is CCCC1CC1Nc1nc(Cl)ncc1Cl. The van der Waals surface area contributed by atoms with E-state index in [2.05, 4.69) is 22.2 Å². The first kappa shape index (κ1) is 11.0. The van der Waals surface area contributed by atoms with Crippen molar-refractivity contribution in [2.45, 2.75) is 32.2 Å². The molecule has 82 valence electrons. The molecule has 1 saturated carbocycles. The fraction of sp³-hybridized carbons (Fsp3) is 0.600. The Kier molecular flexibility index (Phi) is 3.32. The number of hydrogen-bond acceptors (Lipinski definition) is 3. The highest BCUT2D eigenvalue weighted by atomic mass is 35.5. The molecule has 0 amide bonds. The van der Waals surface area contributed by atoms with E-state index in [1.165, 1.54) is 25.5 Å². The molecular weight excluding hydrogens is 233 g/mol. The monoisotopic (exact) mass is 245 g/mol. The predicted molar refractivity (Wildman–Crippen MR) is 62.5 cm³/mol. The van der Waals surface area contributed by atoms with Gasteiger partial charge in [-0.05, 0) is 30.4 Å². The number of anilines is 1. The van der Waals surface area contributed by atoms with Crippen molar-refractivity contribution in [1.82, 2.24) is 9.97 Å². The van der Waals surface area contributed by atoms with E-state index in [4.69, 9.17) is 23.2 Å². The van der Waals surface area contributed by atoms with Crippen LogP contribution < -0.4 is 5.32 Å². The maximum absolute atomic E-state index is 5.95. The van der Waals surface area contributed by atoms with E-state index in [9.17, 15) is 0 Å². The Hall–Kier alpha value is -0.540. The standard InChI is InChI=1S/C10H13Cl2N3/c1-2-3-6-4-8(6)14-9-7(11)5-13-10(12)15-9/h5-6,8H,2-4H2,1H3,(H,13,14,15). The molecule has 3 nitrogen and oxygen atoms in total. The summed E-state index contributed by atoms with van der Waals surface area (Å²) in [5.74, 6) is 1.42. The van der Waals surface area contributed by atoms with Gasteiger partial charge in [0.1, 0.15) is 10.8 Å². The van der Waals surface area contributed by atoms with E-state index < -0.39 is 0 Å². The Balaban J connectivity index is 1.97. The first-order valence-electron chi connectivity index (χ1n) is 5.15. The molecule has 0 radical (unpaired) electrons. The third-order valence-electron chi connectivity index (χ3n) is 2.62. The minimum absolute atomic E-state index is 0.231. The van der Waals surface area contributed by atoms with Crippen molar-refractivity contribution in [1.29, 1.82) is 0 Å². The maximum Gasteiger partial charge on any atom is 0.224 e. The molecule has 1 heterocycles. The van der Waals surface area contributed by atoms with E-state index in [1.54, 1.807) is 0 Å². The van der Waals surface area contributed by atoms with Crippen LogP contribution in [-0.2, 0) is 0 Å². The lowest BCUT2D eigenvalue weighted by molar-refractivity contribution is 0.692. The normalized spacial score (nSPS) is 23.9. The third-order valence-corrected chi connectivity index (χ3v) is 3.08. The molecule has 0 spiro atoms. The van der Waals surface area contributed by atoms with Crippen LogP contribution in [-0.4, -0.2) is 16.0 Å². The van der Waals surface area contributed by atoms with Gasteiger partial charge in [0.25, 0.3) is 0 Å². The van der Waals surface area contributed by atoms with Crippen LogP contribution in [0.15, 0.2) is 6.20 Å². The summed E-state index contributed by atoms with van der Waals surface area (Å²) >= 11 is 11.6. The first-order chi connectivity index (χ1) is 7.20. The molecule has 0 aliphatic heterocycles. The third kappa shape index (κ3) is 2.73. The van der Waals surface area contributed by atoms with Crippen molar-refractivity contribution in [3.05, 3.63) is 16.5 Å². The van der Waals surface area contributed by atoms with Gasteiger partial charge >= 0.3 is 0 Å². The van der Waals surface area contributed by atoms with Crippen molar-refractivity contribution in [2.75, 3.05) is 5.32 Å². The second-order valence-electron chi connectivity index (χ2n) is 3.87. The van der Waals surface area contributed by atoms with Gasteiger partial charge in [0.2, 0.25) is 5.28 Å². The number of aromatic nitrogens is 2. The quantitative estimate of drug-likeness (QED) is 0.827. The first-order valence-corrected chi connectivity index (χ1v) is 5.91. The van der Waals surface area contributed by atoms with Crippen LogP contribution in [0.4, 0.5) is 5.82 Å². The average Bonchev–Trinajstić information content (AvgIpc) is 2.91. The smallest absolute Gasteiger partial charge is 0.224 e. The lowest BCUT2D eigenvalue weighted by Crippen LogP contribution is -2.07. The van der Waals surface area contributed by atoms with Crippen molar-refractivity contribution < 1.29 is 0 Å². The van der Waals surface area contributed by atoms with Gasteiger partial charge in [-0.3, -0.25) is 0 Å². The van der Waals surface area contributed by atoms with E-state index in [1.807, 2.05) is 0 Å². The molecule has 0 bridgehead atoms. The Morgan fingerprint density at radius 2 is 2.33 bits per heavy atom. The molecule has 5 heteroatoms. The Morgan fingerprint density at radius 1 is 1.53 bits per heavy atom. The van der Waals surface area contributed by atoms with Crippen LogP contribution in [0, 0.1) is 5.92 Å². The average molecular weight is 246 g/mol. The van der Waals surface area contributed by atoms with Crippen molar-refractivity contribution in [3.8, 4) is 0 Å². The topological polar surface area (TPSA) is 37.8 Å². The highest BCUT2D eigenvalue weighted by Gasteiger charge is 2.36. The molecule has 0 saturated heterocycles. The van der Waals surface area contributed by atoms with Crippen LogP contribution in [0.25, 0.3) is 0 Å². The molecule has 1 fully saturated rings. The minimum Gasteiger partial charge on any atom is -0.366 e. The van der Waals surface area contributed by atoms with E-state index in [0.29, 0.717) is 16.9 Å². The van der Waals surface area contributed by atoms with E-state index in [-0.39, 0.29) is 5.28 Å². The molecule has 1 aromatic rings. The molecule has 15 heavy (non-hydrogen) atoms. The summed E-state index contributed by atoms with van der Waals surface area (Å²) in [6, 6.07) is 0.508. The number of nitrogens with one attached hydrogen (secondary N) is 1. The fourth-order valence-corrected chi connectivity index (χ4v) is 2.02. The summed E-state index contributed by atoms with van der Waals surface area (Å²) in [4.78, 5) is 7.86. The molecule has 1 aromatic heterocycles.